The van der Waals surface area contributed by atoms with Crippen LogP contribution in [0.15, 0.2) is 23.8 Å². The van der Waals surface area contributed by atoms with E-state index in [0.717, 1.165) is 22.4 Å². The van der Waals surface area contributed by atoms with E-state index in [4.69, 9.17) is 4.74 Å². The quantitative estimate of drug-likeness (QED) is 0.775. The topological polar surface area (TPSA) is 29.5 Å². The van der Waals surface area contributed by atoms with Crippen LogP contribution in [0.3, 0.4) is 0 Å². The Morgan fingerprint density at radius 2 is 1.95 bits per heavy atom. The van der Waals surface area contributed by atoms with Crippen LogP contribution in [0.25, 0.3) is 6.08 Å². The molecule has 102 valence electrons. The Balaban J connectivity index is 2.52. The fourth-order valence-corrected chi connectivity index (χ4v) is 2.28. The zero-order valence-electron chi connectivity index (χ0n) is 12.3. The molecule has 0 bridgehead atoms. The third-order valence-electron chi connectivity index (χ3n) is 3.44. The van der Waals surface area contributed by atoms with Gasteiger partial charge in [-0.3, -0.25) is 4.79 Å². The van der Waals surface area contributed by atoms with Gasteiger partial charge in [0, 0.05) is 17.7 Å². The van der Waals surface area contributed by atoms with E-state index >= 15 is 0 Å². The van der Waals surface area contributed by atoms with E-state index in [0.29, 0.717) is 6.54 Å². The lowest BCUT2D eigenvalue weighted by Gasteiger charge is -2.35. The molecule has 2 rings (SSSR count). The molecule has 1 heterocycles. The molecular weight excluding hydrogens is 238 g/mol. The van der Waals surface area contributed by atoms with Crippen molar-refractivity contribution in [2.75, 3.05) is 7.11 Å². The van der Waals surface area contributed by atoms with Crippen LogP contribution in [-0.4, -0.2) is 23.5 Å². The van der Waals surface area contributed by atoms with Crippen molar-refractivity contribution in [3.63, 3.8) is 0 Å². The van der Waals surface area contributed by atoms with Crippen LogP contribution in [0.4, 0.5) is 0 Å². The maximum atomic E-state index is 12.4. The summed E-state index contributed by atoms with van der Waals surface area (Å²) in [6, 6.07) is 5.95. The van der Waals surface area contributed by atoms with E-state index in [9.17, 15) is 4.79 Å². The normalized spacial score (nSPS) is 15.7. The molecule has 0 saturated carbocycles. The highest BCUT2D eigenvalue weighted by Crippen LogP contribution is 2.29. The Hall–Kier alpha value is -1.77. The SMILES string of the molecule is COc1ccc2c(c1)CN(C(C)(C)C)C(=O)C(C)=C2. The largest absolute Gasteiger partial charge is 0.497 e. The fraction of sp³-hybridized carbons (Fsp3) is 0.438. The Morgan fingerprint density at radius 1 is 1.26 bits per heavy atom. The van der Waals surface area contributed by atoms with Crippen molar-refractivity contribution >= 4 is 12.0 Å². The fourth-order valence-electron chi connectivity index (χ4n) is 2.28. The minimum atomic E-state index is -0.198. The van der Waals surface area contributed by atoms with Gasteiger partial charge in [0.1, 0.15) is 5.75 Å². The number of hydrogen-bond acceptors (Lipinski definition) is 2. The summed E-state index contributed by atoms with van der Waals surface area (Å²) >= 11 is 0. The number of rotatable bonds is 1. The van der Waals surface area contributed by atoms with Gasteiger partial charge in [0.05, 0.1) is 7.11 Å². The second kappa shape index (κ2) is 4.72. The van der Waals surface area contributed by atoms with Gasteiger partial charge < -0.3 is 9.64 Å². The highest BCUT2D eigenvalue weighted by Gasteiger charge is 2.29. The summed E-state index contributed by atoms with van der Waals surface area (Å²) in [6.45, 7) is 8.67. The zero-order valence-corrected chi connectivity index (χ0v) is 12.3. The molecule has 1 amide bonds. The Kier molecular flexibility index (Phi) is 3.40. The molecule has 0 fully saturated rings. The molecule has 0 aromatic heterocycles. The lowest BCUT2D eigenvalue weighted by atomic mass is 10.0. The van der Waals surface area contributed by atoms with Crippen LogP contribution in [0.5, 0.6) is 5.75 Å². The van der Waals surface area contributed by atoms with Crippen molar-refractivity contribution in [1.82, 2.24) is 4.90 Å². The number of fused-ring (bicyclic) bond motifs is 1. The van der Waals surface area contributed by atoms with E-state index in [1.807, 2.05) is 36.1 Å². The third-order valence-corrected chi connectivity index (χ3v) is 3.44. The molecule has 0 aliphatic carbocycles. The Morgan fingerprint density at radius 3 is 2.53 bits per heavy atom. The predicted octanol–water partition coefficient (Wildman–Crippen LogP) is 3.24. The summed E-state index contributed by atoms with van der Waals surface area (Å²) in [5.41, 5.74) is 2.80. The summed E-state index contributed by atoms with van der Waals surface area (Å²) in [7, 11) is 1.66. The van der Waals surface area contributed by atoms with Crippen molar-refractivity contribution in [3.05, 3.63) is 34.9 Å². The first kappa shape index (κ1) is 13.7. The maximum Gasteiger partial charge on any atom is 0.250 e. The third kappa shape index (κ3) is 2.65. The molecule has 0 atom stereocenters. The standard InChI is InChI=1S/C16H21NO2/c1-11-8-12-6-7-14(19-5)9-13(12)10-17(15(11)18)16(2,3)4/h6-9H,10H2,1-5H3. The molecule has 19 heavy (non-hydrogen) atoms. The molecule has 1 aliphatic heterocycles. The van der Waals surface area contributed by atoms with Gasteiger partial charge in [-0.2, -0.15) is 0 Å². The van der Waals surface area contributed by atoms with E-state index < -0.39 is 0 Å². The van der Waals surface area contributed by atoms with E-state index in [2.05, 4.69) is 20.8 Å². The summed E-state index contributed by atoms with van der Waals surface area (Å²) in [5, 5.41) is 0. The highest BCUT2D eigenvalue weighted by atomic mass is 16.5. The molecule has 1 aliphatic rings. The molecular formula is C16H21NO2. The van der Waals surface area contributed by atoms with E-state index in [1.54, 1.807) is 7.11 Å². The number of nitrogens with zero attached hydrogens (tertiary/aromatic N) is 1. The average molecular weight is 259 g/mol. The number of carbonyl (C=O) groups excluding carboxylic acids is 1. The summed E-state index contributed by atoms with van der Waals surface area (Å²) in [5.74, 6) is 0.927. The van der Waals surface area contributed by atoms with Crippen molar-refractivity contribution in [1.29, 1.82) is 0 Å². The van der Waals surface area contributed by atoms with Gasteiger partial charge in [-0.15, -0.1) is 0 Å². The van der Waals surface area contributed by atoms with Crippen molar-refractivity contribution < 1.29 is 9.53 Å². The van der Waals surface area contributed by atoms with Crippen LogP contribution in [-0.2, 0) is 11.3 Å². The van der Waals surface area contributed by atoms with Gasteiger partial charge >= 0.3 is 0 Å². The van der Waals surface area contributed by atoms with Gasteiger partial charge in [-0.1, -0.05) is 6.07 Å². The number of amides is 1. The number of benzene rings is 1. The summed E-state index contributed by atoms with van der Waals surface area (Å²) in [4.78, 5) is 14.3. The summed E-state index contributed by atoms with van der Waals surface area (Å²) in [6.07, 6.45) is 1.96. The number of methoxy groups -OCH3 is 1. The first-order valence-corrected chi connectivity index (χ1v) is 6.50. The first-order chi connectivity index (χ1) is 8.82. The zero-order chi connectivity index (χ0) is 14.2. The number of ether oxygens (including phenoxy) is 1. The van der Waals surface area contributed by atoms with Gasteiger partial charge in [-0.25, -0.2) is 0 Å². The predicted molar refractivity (Wildman–Crippen MR) is 76.9 cm³/mol. The van der Waals surface area contributed by atoms with Gasteiger partial charge in [-0.05, 0) is 57.0 Å². The van der Waals surface area contributed by atoms with E-state index in [1.165, 1.54) is 0 Å². The Bertz CT molecular complexity index is 538. The second-order valence-electron chi connectivity index (χ2n) is 5.95. The van der Waals surface area contributed by atoms with E-state index in [-0.39, 0.29) is 11.4 Å². The van der Waals surface area contributed by atoms with Crippen LogP contribution in [0, 0.1) is 0 Å². The summed E-state index contributed by atoms with van der Waals surface area (Å²) < 4.78 is 5.27. The molecule has 0 spiro atoms. The number of carbonyl (C=O) groups is 1. The molecule has 3 heteroatoms. The van der Waals surface area contributed by atoms with Crippen molar-refractivity contribution in [2.45, 2.75) is 39.8 Å². The van der Waals surface area contributed by atoms with Crippen molar-refractivity contribution in [2.24, 2.45) is 0 Å². The minimum Gasteiger partial charge on any atom is -0.497 e. The van der Waals surface area contributed by atoms with Crippen LogP contribution >= 0.6 is 0 Å². The van der Waals surface area contributed by atoms with Gasteiger partial charge in [0.2, 0.25) is 5.91 Å². The van der Waals surface area contributed by atoms with Crippen LogP contribution < -0.4 is 4.74 Å². The number of hydrogen-bond donors (Lipinski definition) is 0. The lowest BCUT2D eigenvalue weighted by Crippen LogP contribution is -2.44. The first-order valence-electron chi connectivity index (χ1n) is 6.50. The molecule has 0 N–H and O–H groups in total. The monoisotopic (exact) mass is 259 g/mol. The molecule has 0 radical (unpaired) electrons. The average Bonchev–Trinajstić information content (AvgIpc) is 2.46. The minimum absolute atomic E-state index is 0.0997. The van der Waals surface area contributed by atoms with Crippen molar-refractivity contribution in [3.8, 4) is 5.75 Å². The van der Waals surface area contributed by atoms with Crippen LogP contribution in [0.2, 0.25) is 0 Å². The second-order valence-corrected chi connectivity index (χ2v) is 5.95. The van der Waals surface area contributed by atoms with Gasteiger partial charge in [0.25, 0.3) is 0 Å². The molecule has 3 nitrogen and oxygen atoms in total. The Labute approximate surface area is 114 Å². The molecule has 1 aromatic carbocycles. The van der Waals surface area contributed by atoms with Gasteiger partial charge in [0.15, 0.2) is 0 Å². The molecule has 1 aromatic rings. The van der Waals surface area contributed by atoms with Crippen LogP contribution in [0.1, 0.15) is 38.8 Å². The highest BCUT2D eigenvalue weighted by molar-refractivity contribution is 5.98. The smallest absolute Gasteiger partial charge is 0.250 e. The molecule has 0 unspecified atom stereocenters. The lowest BCUT2D eigenvalue weighted by molar-refractivity contribution is -0.132. The molecule has 0 saturated heterocycles. The maximum absolute atomic E-state index is 12.4.